The van der Waals surface area contributed by atoms with Crippen molar-refractivity contribution in [3.05, 3.63) is 41.5 Å². The first-order valence-electron chi connectivity index (χ1n) is 6.64. The lowest BCUT2D eigenvalue weighted by Crippen LogP contribution is -2.38. The zero-order valence-corrected chi connectivity index (χ0v) is 11.8. The number of aryl methyl sites for hydroxylation is 1. The molecule has 0 spiro atoms. The Bertz CT molecular complexity index is 397. The van der Waals surface area contributed by atoms with Crippen molar-refractivity contribution in [2.24, 2.45) is 5.84 Å². The van der Waals surface area contributed by atoms with Crippen molar-refractivity contribution in [2.45, 2.75) is 43.5 Å². The molecule has 98 valence electrons. The van der Waals surface area contributed by atoms with Gasteiger partial charge < -0.3 is 0 Å². The summed E-state index contributed by atoms with van der Waals surface area (Å²) in [6.45, 7) is 2.12. The maximum atomic E-state index is 5.69. The number of allylic oxidation sites excluding steroid dienone is 1. The molecule has 0 aliphatic heterocycles. The number of nitrogens with two attached hydrogens (primary N) is 1. The van der Waals surface area contributed by atoms with Crippen molar-refractivity contribution in [2.75, 3.05) is 5.75 Å². The van der Waals surface area contributed by atoms with E-state index in [1.165, 1.54) is 41.7 Å². The van der Waals surface area contributed by atoms with Gasteiger partial charge in [-0.2, -0.15) is 0 Å². The fourth-order valence-corrected chi connectivity index (χ4v) is 3.25. The van der Waals surface area contributed by atoms with Gasteiger partial charge in [0.05, 0.1) is 6.04 Å². The molecule has 0 saturated carbocycles. The first-order valence-corrected chi connectivity index (χ1v) is 7.62. The van der Waals surface area contributed by atoms with Crippen LogP contribution in [0.4, 0.5) is 0 Å². The summed E-state index contributed by atoms with van der Waals surface area (Å²) in [6, 6.07) is 9.00. The number of hydrazine groups is 1. The molecule has 1 aromatic carbocycles. The van der Waals surface area contributed by atoms with Crippen molar-refractivity contribution in [3.8, 4) is 0 Å². The van der Waals surface area contributed by atoms with Crippen LogP contribution in [-0.2, 0) is 0 Å². The van der Waals surface area contributed by atoms with E-state index < -0.39 is 0 Å². The molecular weight excluding hydrogens is 240 g/mol. The maximum absolute atomic E-state index is 5.69. The molecule has 0 aromatic heterocycles. The van der Waals surface area contributed by atoms with Gasteiger partial charge in [0, 0.05) is 10.6 Å². The van der Waals surface area contributed by atoms with Gasteiger partial charge in [-0.05, 0) is 44.7 Å². The zero-order chi connectivity index (χ0) is 12.8. The van der Waals surface area contributed by atoms with Crippen molar-refractivity contribution in [1.29, 1.82) is 0 Å². The molecule has 0 saturated heterocycles. The minimum atomic E-state index is 0.316. The van der Waals surface area contributed by atoms with Gasteiger partial charge in [-0.1, -0.05) is 29.3 Å². The second-order valence-corrected chi connectivity index (χ2v) is 5.96. The van der Waals surface area contributed by atoms with Crippen molar-refractivity contribution >= 4 is 11.8 Å². The number of thioether (sulfide) groups is 1. The lowest BCUT2D eigenvalue weighted by Gasteiger charge is -2.22. The molecule has 3 N–H and O–H groups in total. The predicted octanol–water partition coefficient (Wildman–Crippen LogP) is 3.42. The molecule has 3 heteroatoms. The van der Waals surface area contributed by atoms with Crippen molar-refractivity contribution in [1.82, 2.24) is 5.43 Å². The van der Waals surface area contributed by atoms with Crippen LogP contribution in [0.5, 0.6) is 0 Å². The quantitative estimate of drug-likeness (QED) is 0.369. The molecule has 2 rings (SSSR count). The third-order valence-corrected chi connectivity index (χ3v) is 4.52. The lowest BCUT2D eigenvalue weighted by molar-refractivity contribution is 0.582. The molecule has 0 bridgehead atoms. The van der Waals surface area contributed by atoms with Crippen LogP contribution in [0.1, 0.15) is 31.2 Å². The van der Waals surface area contributed by atoms with Gasteiger partial charge in [0.2, 0.25) is 0 Å². The predicted molar refractivity (Wildman–Crippen MR) is 79.6 cm³/mol. The van der Waals surface area contributed by atoms with E-state index in [9.17, 15) is 0 Å². The first kappa shape index (κ1) is 13.7. The molecule has 1 atom stereocenters. The summed E-state index contributed by atoms with van der Waals surface area (Å²) in [5.41, 5.74) is 5.76. The second kappa shape index (κ2) is 6.98. The average Bonchev–Trinajstić information content (AvgIpc) is 2.43. The van der Waals surface area contributed by atoms with Crippen LogP contribution in [0.3, 0.4) is 0 Å². The van der Waals surface area contributed by atoms with E-state index in [1.807, 2.05) is 11.8 Å². The highest BCUT2D eigenvalue weighted by molar-refractivity contribution is 7.99. The maximum Gasteiger partial charge on any atom is 0.0513 e. The number of rotatable bonds is 5. The standard InChI is InChI=1S/C15H22N2S/c1-12-7-9-14(10-8-12)18-11-15(17-16)13-5-3-2-4-6-13/h5,7-10,15,17H,2-4,6,11,16H2,1H3. The van der Waals surface area contributed by atoms with Gasteiger partial charge in [-0.15, -0.1) is 11.8 Å². The molecule has 0 fully saturated rings. The van der Waals surface area contributed by atoms with Crippen LogP contribution in [0, 0.1) is 6.92 Å². The molecule has 2 nitrogen and oxygen atoms in total. The highest BCUT2D eigenvalue weighted by Crippen LogP contribution is 2.25. The van der Waals surface area contributed by atoms with E-state index in [0.29, 0.717) is 6.04 Å². The summed E-state index contributed by atoms with van der Waals surface area (Å²) >= 11 is 1.87. The van der Waals surface area contributed by atoms with E-state index in [0.717, 1.165) is 5.75 Å². The van der Waals surface area contributed by atoms with Crippen LogP contribution >= 0.6 is 11.8 Å². The van der Waals surface area contributed by atoms with Crippen LogP contribution in [0.25, 0.3) is 0 Å². The molecule has 1 aromatic rings. The van der Waals surface area contributed by atoms with Gasteiger partial charge >= 0.3 is 0 Å². The molecule has 1 aliphatic carbocycles. The lowest BCUT2D eigenvalue weighted by atomic mass is 9.95. The Balaban J connectivity index is 1.90. The van der Waals surface area contributed by atoms with Crippen LogP contribution in [0.2, 0.25) is 0 Å². The summed E-state index contributed by atoms with van der Waals surface area (Å²) in [4.78, 5) is 1.32. The molecule has 0 amide bonds. The summed E-state index contributed by atoms with van der Waals surface area (Å²) in [5, 5.41) is 0. The Morgan fingerprint density at radius 1 is 1.28 bits per heavy atom. The van der Waals surface area contributed by atoms with E-state index in [4.69, 9.17) is 5.84 Å². The van der Waals surface area contributed by atoms with Gasteiger partial charge in [0.1, 0.15) is 0 Å². The van der Waals surface area contributed by atoms with Gasteiger partial charge in [0.25, 0.3) is 0 Å². The Kier molecular flexibility index (Phi) is 5.29. The Hall–Kier alpha value is -0.770. The molecule has 0 radical (unpaired) electrons. The smallest absolute Gasteiger partial charge is 0.0513 e. The van der Waals surface area contributed by atoms with Crippen molar-refractivity contribution in [3.63, 3.8) is 0 Å². The highest BCUT2D eigenvalue weighted by Gasteiger charge is 2.14. The van der Waals surface area contributed by atoms with Crippen LogP contribution in [-0.4, -0.2) is 11.8 Å². The molecule has 18 heavy (non-hydrogen) atoms. The summed E-state index contributed by atoms with van der Waals surface area (Å²) in [6.07, 6.45) is 7.40. The van der Waals surface area contributed by atoms with E-state index in [-0.39, 0.29) is 0 Å². The SMILES string of the molecule is Cc1ccc(SCC(NN)C2=CCCCC2)cc1. The minimum Gasteiger partial charge on any atom is -0.271 e. The average molecular weight is 262 g/mol. The Morgan fingerprint density at radius 3 is 2.67 bits per heavy atom. The summed E-state index contributed by atoms with van der Waals surface area (Å²) in [5.74, 6) is 6.69. The fourth-order valence-electron chi connectivity index (χ4n) is 2.26. The largest absolute Gasteiger partial charge is 0.271 e. The topological polar surface area (TPSA) is 38.0 Å². The number of hydrogen-bond acceptors (Lipinski definition) is 3. The third-order valence-electron chi connectivity index (χ3n) is 3.41. The number of hydrogen-bond donors (Lipinski definition) is 2. The van der Waals surface area contributed by atoms with Crippen molar-refractivity contribution < 1.29 is 0 Å². The normalized spacial score (nSPS) is 17.3. The third kappa shape index (κ3) is 3.87. The zero-order valence-electron chi connectivity index (χ0n) is 11.0. The van der Waals surface area contributed by atoms with Gasteiger partial charge in [-0.25, -0.2) is 0 Å². The summed E-state index contributed by atoms with van der Waals surface area (Å²) in [7, 11) is 0. The molecule has 1 aliphatic rings. The van der Waals surface area contributed by atoms with Crippen LogP contribution in [0.15, 0.2) is 40.8 Å². The van der Waals surface area contributed by atoms with E-state index in [1.54, 1.807) is 0 Å². The van der Waals surface area contributed by atoms with E-state index >= 15 is 0 Å². The first-order chi connectivity index (χ1) is 8.79. The fraction of sp³-hybridized carbons (Fsp3) is 0.467. The monoisotopic (exact) mass is 262 g/mol. The molecule has 1 unspecified atom stereocenters. The summed E-state index contributed by atoms with van der Waals surface area (Å²) < 4.78 is 0. The highest BCUT2D eigenvalue weighted by atomic mass is 32.2. The van der Waals surface area contributed by atoms with E-state index in [2.05, 4.69) is 42.7 Å². The number of nitrogens with one attached hydrogen (secondary N) is 1. The molecular formula is C15H22N2S. The molecule has 0 heterocycles. The van der Waals surface area contributed by atoms with Gasteiger partial charge in [0.15, 0.2) is 0 Å². The Morgan fingerprint density at radius 2 is 2.06 bits per heavy atom. The number of benzene rings is 1. The minimum absolute atomic E-state index is 0.316. The van der Waals surface area contributed by atoms with Gasteiger partial charge in [-0.3, -0.25) is 11.3 Å². The second-order valence-electron chi connectivity index (χ2n) is 4.87. The van der Waals surface area contributed by atoms with Crippen LogP contribution < -0.4 is 11.3 Å². The Labute approximate surface area is 114 Å².